The third-order valence-corrected chi connectivity index (χ3v) is 5.34. The Morgan fingerprint density at radius 1 is 0.967 bits per heavy atom. The van der Waals surface area contributed by atoms with Crippen LogP contribution in [0.4, 0.5) is 10.6 Å². The normalized spacial score (nSPS) is 13.9. The van der Waals surface area contributed by atoms with Crippen molar-refractivity contribution in [3.63, 3.8) is 0 Å². The first-order valence-corrected chi connectivity index (χ1v) is 10.1. The molecule has 0 unspecified atom stereocenters. The van der Waals surface area contributed by atoms with Gasteiger partial charge in [-0.15, -0.1) is 0 Å². The Morgan fingerprint density at radius 2 is 1.67 bits per heavy atom. The number of pyridine rings is 1. The number of nitrogens with zero attached hydrogens (tertiary/aromatic N) is 5. The number of aromatic nitrogens is 3. The summed E-state index contributed by atoms with van der Waals surface area (Å²) in [6.45, 7) is 6.94. The SMILES string of the molecule is Cc1nc(-c2ccncc2)nc(N2CCN(C(=O)OCc3ccccc3)CC2)c1C. The van der Waals surface area contributed by atoms with E-state index in [1.807, 2.05) is 56.3 Å². The molecule has 0 bridgehead atoms. The third-order valence-electron chi connectivity index (χ3n) is 5.34. The zero-order chi connectivity index (χ0) is 20.9. The van der Waals surface area contributed by atoms with Gasteiger partial charge in [0.05, 0.1) is 0 Å². The van der Waals surface area contributed by atoms with Crippen LogP contribution in [0.25, 0.3) is 11.4 Å². The zero-order valence-electron chi connectivity index (χ0n) is 17.3. The predicted octanol–water partition coefficient (Wildman–Crippen LogP) is 3.61. The van der Waals surface area contributed by atoms with E-state index in [1.165, 1.54) is 0 Å². The summed E-state index contributed by atoms with van der Waals surface area (Å²) in [6.07, 6.45) is 3.22. The van der Waals surface area contributed by atoms with Crippen molar-refractivity contribution in [1.29, 1.82) is 0 Å². The van der Waals surface area contributed by atoms with Gasteiger partial charge >= 0.3 is 6.09 Å². The highest BCUT2D eigenvalue weighted by atomic mass is 16.6. The lowest BCUT2D eigenvalue weighted by molar-refractivity contribution is 0.0941. The topological polar surface area (TPSA) is 71.5 Å². The maximum atomic E-state index is 12.4. The summed E-state index contributed by atoms with van der Waals surface area (Å²) in [5.74, 6) is 1.62. The number of ether oxygens (including phenoxy) is 1. The van der Waals surface area contributed by atoms with E-state index in [1.54, 1.807) is 17.3 Å². The Morgan fingerprint density at radius 3 is 2.37 bits per heavy atom. The maximum absolute atomic E-state index is 12.4. The minimum absolute atomic E-state index is 0.272. The number of aryl methyl sites for hydroxylation is 1. The Bertz CT molecular complexity index is 1000. The van der Waals surface area contributed by atoms with Crippen LogP contribution < -0.4 is 4.90 Å². The first-order valence-electron chi connectivity index (χ1n) is 10.1. The Labute approximate surface area is 176 Å². The summed E-state index contributed by atoms with van der Waals surface area (Å²) < 4.78 is 5.47. The van der Waals surface area contributed by atoms with Crippen LogP contribution in [0.1, 0.15) is 16.8 Å². The number of rotatable bonds is 4. The molecule has 1 aliphatic heterocycles. The Hall–Kier alpha value is -3.48. The molecular weight excluding hydrogens is 378 g/mol. The number of anilines is 1. The van der Waals surface area contributed by atoms with Crippen molar-refractivity contribution < 1.29 is 9.53 Å². The van der Waals surface area contributed by atoms with Crippen LogP contribution in [-0.2, 0) is 11.3 Å². The summed E-state index contributed by atoms with van der Waals surface area (Å²) in [4.78, 5) is 29.9. The fourth-order valence-corrected chi connectivity index (χ4v) is 3.46. The molecule has 0 saturated carbocycles. The van der Waals surface area contributed by atoms with Crippen LogP contribution in [0.3, 0.4) is 0 Å². The Balaban J connectivity index is 1.41. The van der Waals surface area contributed by atoms with Crippen LogP contribution in [0.2, 0.25) is 0 Å². The van der Waals surface area contributed by atoms with E-state index >= 15 is 0 Å². The van der Waals surface area contributed by atoms with E-state index in [0.717, 1.165) is 28.2 Å². The van der Waals surface area contributed by atoms with E-state index in [-0.39, 0.29) is 6.09 Å². The minimum Gasteiger partial charge on any atom is -0.445 e. The first-order chi connectivity index (χ1) is 14.6. The number of carbonyl (C=O) groups excluding carboxylic acids is 1. The molecule has 1 fully saturated rings. The molecule has 1 amide bonds. The van der Waals surface area contributed by atoms with Crippen molar-refractivity contribution in [3.8, 4) is 11.4 Å². The second-order valence-electron chi connectivity index (χ2n) is 7.33. The van der Waals surface area contributed by atoms with Gasteiger partial charge in [0.15, 0.2) is 5.82 Å². The quantitative estimate of drug-likeness (QED) is 0.663. The minimum atomic E-state index is -0.272. The van der Waals surface area contributed by atoms with E-state index in [2.05, 4.69) is 14.9 Å². The molecule has 0 aliphatic carbocycles. The number of benzene rings is 1. The molecule has 0 radical (unpaired) electrons. The molecule has 0 atom stereocenters. The summed E-state index contributed by atoms with van der Waals surface area (Å²) in [7, 11) is 0. The molecule has 7 heteroatoms. The summed E-state index contributed by atoms with van der Waals surface area (Å²) in [6, 6.07) is 13.5. The van der Waals surface area contributed by atoms with Crippen LogP contribution in [0.15, 0.2) is 54.9 Å². The van der Waals surface area contributed by atoms with E-state index in [4.69, 9.17) is 9.72 Å². The number of piperazine rings is 1. The van der Waals surface area contributed by atoms with Gasteiger partial charge in [-0.1, -0.05) is 30.3 Å². The average Bonchev–Trinajstić information content (AvgIpc) is 2.80. The molecule has 2 aromatic heterocycles. The van der Waals surface area contributed by atoms with Crippen molar-refractivity contribution in [2.24, 2.45) is 0 Å². The molecule has 0 spiro atoms. The van der Waals surface area contributed by atoms with E-state index in [0.29, 0.717) is 38.6 Å². The average molecular weight is 403 g/mol. The van der Waals surface area contributed by atoms with E-state index < -0.39 is 0 Å². The number of hydrogen-bond acceptors (Lipinski definition) is 6. The highest BCUT2D eigenvalue weighted by Gasteiger charge is 2.25. The molecule has 3 heterocycles. The number of carbonyl (C=O) groups is 1. The van der Waals surface area contributed by atoms with Gasteiger partial charge in [-0.3, -0.25) is 4.98 Å². The number of hydrogen-bond donors (Lipinski definition) is 0. The molecule has 30 heavy (non-hydrogen) atoms. The standard InChI is InChI=1S/C23H25N5O2/c1-17-18(2)25-21(20-8-10-24-11-9-20)26-22(17)27-12-14-28(15-13-27)23(29)30-16-19-6-4-3-5-7-19/h3-11H,12-16H2,1-2H3. The van der Waals surface area contributed by atoms with Crippen molar-refractivity contribution in [3.05, 3.63) is 71.7 Å². The molecule has 4 rings (SSSR count). The highest BCUT2D eigenvalue weighted by molar-refractivity contribution is 5.68. The van der Waals surface area contributed by atoms with Crippen LogP contribution >= 0.6 is 0 Å². The molecule has 154 valence electrons. The first kappa shape index (κ1) is 19.8. The van der Waals surface area contributed by atoms with Crippen molar-refractivity contribution in [2.45, 2.75) is 20.5 Å². The molecular formula is C23H25N5O2. The summed E-state index contributed by atoms with van der Waals surface area (Å²) in [5, 5.41) is 0. The molecule has 0 N–H and O–H groups in total. The maximum Gasteiger partial charge on any atom is 0.410 e. The van der Waals surface area contributed by atoms with Gasteiger partial charge in [-0.25, -0.2) is 14.8 Å². The fraction of sp³-hybridized carbons (Fsp3) is 0.304. The van der Waals surface area contributed by atoms with Crippen LogP contribution in [0.5, 0.6) is 0 Å². The van der Waals surface area contributed by atoms with Gasteiger partial charge in [0.2, 0.25) is 0 Å². The second kappa shape index (κ2) is 8.90. The summed E-state index contributed by atoms with van der Waals surface area (Å²) in [5.41, 5.74) is 3.95. The molecule has 1 aliphatic rings. The van der Waals surface area contributed by atoms with Crippen molar-refractivity contribution in [2.75, 3.05) is 31.1 Å². The zero-order valence-corrected chi connectivity index (χ0v) is 17.3. The van der Waals surface area contributed by atoms with Crippen molar-refractivity contribution in [1.82, 2.24) is 19.9 Å². The number of amides is 1. The lowest BCUT2D eigenvalue weighted by Gasteiger charge is -2.35. The van der Waals surface area contributed by atoms with E-state index in [9.17, 15) is 4.79 Å². The van der Waals surface area contributed by atoms with Gasteiger partial charge in [-0.05, 0) is 31.5 Å². The van der Waals surface area contributed by atoms with Crippen LogP contribution in [-0.4, -0.2) is 52.1 Å². The lowest BCUT2D eigenvalue weighted by atomic mass is 10.2. The van der Waals surface area contributed by atoms with Gasteiger partial charge in [0.25, 0.3) is 0 Å². The van der Waals surface area contributed by atoms with Gasteiger partial charge in [0, 0.05) is 55.4 Å². The molecule has 7 nitrogen and oxygen atoms in total. The largest absolute Gasteiger partial charge is 0.445 e. The third kappa shape index (κ3) is 4.40. The van der Waals surface area contributed by atoms with Crippen molar-refractivity contribution >= 4 is 11.9 Å². The van der Waals surface area contributed by atoms with Gasteiger partial charge < -0.3 is 14.5 Å². The molecule has 1 saturated heterocycles. The molecule has 1 aromatic carbocycles. The smallest absolute Gasteiger partial charge is 0.410 e. The van der Waals surface area contributed by atoms with Gasteiger partial charge in [-0.2, -0.15) is 0 Å². The predicted molar refractivity (Wildman–Crippen MR) is 115 cm³/mol. The Kier molecular flexibility index (Phi) is 5.88. The van der Waals surface area contributed by atoms with Gasteiger partial charge in [0.1, 0.15) is 12.4 Å². The fourth-order valence-electron chi connectivity index (χ4n) is 3.46. The monoisotopic (exact) mass is 403 g/mol. The molecule has 3 aromatic rings. The second-order valence-corrected chi connectivity index (χ2v) is 7.33. The summed E-state index contributed by atoms with van der Waals surface area (Å²) >= 11 is 0. The van der Waals surface area contributed by atoms with Crippen LogP contribution in [0, 0.1) is 13.8 Å². The highest BCUT2D eigenvalue weighted by Crippen LogP contribution is 2.25. The lowest BCUT2D eigenvalue weighted by Crippen LogP contribution is -2.49.